The molecule has 0 heterocycles. The van der Waals surface area contributed by atoms with Crippen molar-refractivity contribution in [3.63, 3.8) is 0 Å². The summed E-state index contributed by atoms with van der Waals surface area (Å²) in [7, 11) is 1.69. The molecule has 4 nitrogen and oxygen atoms in total. The quantitative estimate of drug-likeness (QED) is 0.222. The van der Waals surface area contributed by atoms with Gasteiger partial charge in [0, 0.05) is 28.6 Å². The zero-order valence-corrected chi connectivity index (χ0v) is 24.6. The summed E-state index contributed by atoms with van der Waals surface area (Å²) in [5, 5.41) is 12.1. The van der Waals surface area contributed by atoms with Crippen LogP contribution in [0, 0.1) is 5.92 Å². The predicted molar refractivity (Wildman–Crippen MR) is 168 cm³/mol. The van der Waals surface area contributed by atoms with Gasteiger partial charge in [-0.15, -0.1) is 5.73 Å². The number of phenolic OH excluding ortho intramolecular Hbond substituents is 1. The van der Waals surface area contributed by atoms with Crippen molar-refractivity contribution in [1.29, 1.82) is 0 Å². The average molecular weight is 579 g/mol. The lowest BCUT2D eigenvalue weighted by Crippen LogP contribution is -2.08. The van der Waals surface area contributed by atoms with E-state index in [-0.39, 0.29) is 5.75 Å². The molecule has 4 aromatic rings. The van der Waals surface area contributed by atoms with Crippen LogP contribution in [0.3, 0.4) is 0 Å². The van der Waals surface area contributed by atoms with E-state index in [1.807, 2.05) is 48.5 Å². The first kappa shape index (κ1) is 28.0. The number of hydrogen-bond donors (Lipinski definition) is 1. The summed E-state index contributed by atoms with van der Waals surface area (Å²) in [6.07, 6.45) is 7.30. The number of ether oxygens (including phenoxy) is 3. The fourth-order valence-corrected chi connectivity index (χ4v) is 6.26. The van der Waals surface area contributed by atoms with Gasteiger partial charge in [-0.25, -0.2) is 0 Å². The molecule has 0 aliphatic heterocycles. The van der Waals surface area contributed by atoms with Crippen LogP contribution in [0.4, 0.5) is 0 Å². The first-order valence-corrected chi connectivity index (χ1v) is 15.0. The fourth-order valence-electron chi connectivity index (χ4n) is 5.98. The number of hydrogen-bond acceptors (Lipinski definition) is 4. The third-order valence-electron chi connectivity index (χ3n) is 8.25. The van der Waals surface area contributed by atoms with E-state index in [2.05, 4.69) is 36.1 Å². The third-order valence-corrected chi connectivity index (χ3v) is 8.59. The van der Waals surface area contributed by atoms with Gasteiger partial charge in [0.2, 0.25) is 0 Å². The molecular formula is C37H35ClO4. The number of allylic oxidation sites excluding steroid dienone is 1. The Morgan fingerprint density at radius 1 is 0.857 bits per heavy atom. The summed E-state index contributed by atoms with van der Waals surface area (Å²) in [5.74, 6) is 2.41. The molecule has 0 aromatic heterocycles. The average Bonchev–Trinajstić information content (AvgIpc) is 3.10. The van der Waals surface area contributed by atoms with Crippen molar-refractivity contribution in [2.45, 2.75) is 51.7 Å². The van der Waals surface area contributed by atoms with Crippen molar-refractivity contribution in [3.8, 4) is 23.0 Å². The van der Waals surface area contributed by atoms with Gasteiger partial charge in [-0.1, -0.05) is 72.3 Å². The van der Waals surface area contributed by atoms with E-state index in [4.69, 9.17) is 25.8 Å². The molecule has 0 saturated carbocycles. The zero-order valence-electron chi connectivity index (χ0n) is 23.9. The molecule has 1 atom stereocenters. The maximum Gasteiger partial charge on any atom is 0.163 e. The normalized spacial score (nSPS) is 16.0. The van der Waals surface area contributed by atoms with Crippen molar-refractivity contribution < 1.29 is 19.3 Å². The molecule has 0 spiro atoms. The minimum atomic E-state index is 0.192. The van der Waals surface area contributed by atoms with Crippen molar-refractivity contribution in [2.24, 2.45) is 5.92 Å². The zero-order chi connectivity index (χ0) is 28.9. The van der Waals surface area contributed by atoms with E-state index in [0.717, 1.165) is 71.2 Å². The molecule has 1 unspecified atom stereocenters. The van der Waals surface area contributed by atoms with E-state index in [9.17, 15) is 5.11 Å². The molecule has 1 N–H and O–H groups in total. The third kappa shape index (κ3) is 6.21. The summed E-state index contributed by atoms with van der Waals surface area (Å²) in [6.45, 7) is 0.807. The number of aromatic hydroxyl groups is 1. The largest absolute Gasteiger partial charge is 0.504 e. The Morgan fingerprint density at radius 2 is 1.55 bits per heavy atom. The van der Waals surface area contributed by atoms with E-state index in [1.54, 1.807) is 13.2 Å². The Morgan fingerprint density at radius 3 is 2.24 bits per heavy atom. The number of methoxy groups -OCH3 is 1. The van der Waals surface area contributed by atoms with Gasteiger partial charge in [-0.3, -0.25) is 0 Å². The topological polar surface area (TPSA) is 47.9 Å². The number of benzene rings is 4. The summed E-state index contributed by atoms with van der Waals surface area (Å²) >= 11 is 6.99. The lowest BCUT2D eigenvalue weighted by molar-refractivity contribution is 0.284. The molecule has 0 radical (unpaired) electrons. The molecule has 6 rings (SSSR count). The van der Waals surface area contributed by atoms with E-state index in [1.165, 1.54) is 5.56 Å². The lowest BCUT2D eigenvalue weighted by atomic mass is 9.88. The molecule has 0 amide bonds. The first-order valence-electron chi connectivity index (χ1n) is 14.6. The summed E-state index contributed by atoms with van der Waals surface area (Å²) in [6, 6.07) is 26.1. The Bertz CT molecular complexity index is 1620. The molecular weight excluding hydrogens is 544 g/mol. The maximum atomic E-state index is 11.5. The highest BCUT2D eigenvalue weighted by Gasteiger charge is 2.26. The van der Waals surface area contributed by atoms with Crippen molar-refractivity contribution >= 4 is 17.2 Å². The van der Waals surface area contributed by atoms with Gasteiger partial charge in [0.1, 0.15) is 13.2 Å². The number of aryl methyl sites for hydroxylation is 1. The SMILES string of the molecule is COc1cc2c(cc1OCc1ccccc1)C1=C=CCC(CCC2)Cc2c(O)c(OCc3ccccc3)cc(Cl)c2C1. The van der Waals surface area contributed by atoms with Crippen LogP contribution >= 0.6 is 11.6 Å². The Labute approximate surface area is 252 Å². The van der Waals surface area contributed by atoms with Gasteiger partial charge >= 0.3 is 0 Å². The Hall–Kier alpha value is -4.11. The van der Waals surface area contributed by atoms with Gasteiger partial charge in [0.15, 0.2) is 23.0 Å². The van der Waals surface area contributed by atoms with Crippen LogP contribution in [0.25, 0.3) is 5.57 Å². The van der Waals surface area contributed by atoms with Gasteiger partial charge in [-0.2, -0.15) is 0 Å². The second kappa shape index (κ2) is 12.8. The summed E-state index contributed by atoms with van der Waals surface area (Å²) in [5.41, 5.74) is 10.9. The van der Waals surface area contributed by atoms with Crippen LogP contribution in [0.15, 0.2) is 90.7 Å². The maximum absolute atomic E-state index is 11.5. The highest BCUT2D eigenvalue weighted by molar-refractivity contribution is 6.31. The van der Waals surface area contributed by atoms with E-state index < -0.39 is 0 Å². The van der Waals surface area contributed by atoms with Gasteiger partial charge < -0.3 is 19.3 Å². The monoisotopic (exact) mass is 578 g/mol. The molecule has 0 fully saturated rings. The Balaban J connectivity index is 1.38. The van der Waals surface area contributed by atoms with Crippen molar-refractivity contribution in [1.82, 2.24) is 0 Å². The molecule has 42 heavy (non-hydrogen) atoms. The highest BCUT2D eigenvalue weighted by Crippen LogP contribution is 2.44. The van der Waals surface area contributed by atoms with Gasteiger partial charge in [0.25, 0.3) is 0 Å². The molecule has 0 saturated heterocycles. The van der Waals surface area contributed by atoms with E-state index in [0.29, 0.717) is 42.1 Å². The first-order chi connectivity index (χ1) is 20.6. The van der Waals surface area contributed by atoms with Crippen LogP contribution < -0.4 is 14.2 Å². The molecule has 2 aliphatic rings. The molecule has 4 aromatic carbocycles. The number of halogens is 1. The lowest BCUT2D eigenvalue weighted by Gasteiger charge is -2.20. The molecule has 5 heteroatoms. The van der Waals surface area contributed by atoms with Crippen LogP contribution in [0.2, 0.25) is 5.02 Å². The van der Waals surface area contributed by atoms with Gasteiger partial charge in [0.05, 0.1) is 7.11 Å². The second-order valence-corrected chi connectivity index (χ2v) is 11.5. The Kier molecular flexibility index (Phi) is 8.55. The fraction of sp³-hybridized carbons (Fsp3) is 0.270. The highest BCUT2D eigenvalue weighted by atomic mass is 35.5. The summed E-state index contributed by atoms with van der Waals surface area (Å²) in [4.78, 5) is 0. The van der Waals surface area contributed by atoms with Crippen LogP contribution in [0.1, 0.15) is 52.6 Å². The molecule has 2 aliphatic carbocycles. The predicted octanol–water partition coefficient (Wildman–Crippen LogP) is 8.89. The van der Waals surface area contributed by atoms with Crippen LogP contribution in [-0.2, 0) is 32.5 Å². The number of rotatable bonds is 7. The van der Waals surface area contributed by atoms with Crippen molar-refractivity contribution in [2.75, 3.05) is 7.11 Å². The van der Waals surface area contributed by atoms with Crippen LogP contribution in [0.5, 0.6) is 23.0 Å². The van der Waals surface area contributed by atoms with Gasteiger partial charge in [-0.05, 0) is 84.0 Å². The van der Waals surface area contributed by atoms with Crippen LogP contribution in [-0.4, -0.2) is 12.2 Å². The molecule has 2 bridgehead atoms. The summed E-state index contributed by atoms with van der Waals surface area (Å²) < 4.78 is 18.2. The standard InChI is InChI=1S/C37H35ClO4/c1-40-34-20-29-17-9-15-25-14-8-16-28(30(29)21-35(34)41-23-26-10-4-2-5-11-26)19-31-32(18-25)37(39)36(22-33(31)38)42-24-27-12-6-3-7-13-27/h2-8,10-13,20-22,25,39H,9,14-15,17-19,23-24H2,1H3. The molecule has 214 valence electrons. The number of phenols is 1. The minimum absolute atomic E-state index is 0.192. The number of fused-ring (bicyclic) bond motifs is 5. The minimum Gasteiger partial charge on any atom is -0.504 e. The second-order valence-electron chi connectivity index (χ2n) is 11.1. The smallest absolute Gasteiger partial charge is 0.163 e. The van der Waals surface area contributed by atoms with E-state index >= 15 is 0 Å². The van der Waals surface area contributed by atoms with Crippen molar-refractivity contribution in [3.05, 3.63) is 129 Å².